The van der Waals surface area contributed by atoms with Crippen LogP contribution in [0.4, 0.5) is 5.69 Å². The van der Waals surface area contributed by atoms with Crippen molar-refractivity contribution in [3.63, 3.8) is 0 Å². The summed E-state index contributed by atoms with van der Waals surface area (Å²) in [5.41, 5.74) is 3.30. The minimum atomic E-state index is -3.82. The van der Waals surface area contributed by atoms with Gasteiger partial charge in [0.05, 0.1) is 12.3 Å². The number of halogens is 1. The van der Waals surface area contributed by atoms with Crippen molar-refractivity contribution in [2.75, 3.05) is 11.3 Å². The minimum Gasteiger partial charge on any atom is -0.492 e. The van der Waals surface area contributed by atoms with Crippen molar-refractivity contribution in [3.8, 4) is 27.6 Å². The number of hydrogen-bond acceptors (Lipinski definition) is 5. The maximum absolute atomic E-state index is 12.9. The summed E-state index contributed by atoms with van der Waals surface area (Å²) in [6, 6.07) is 22.1. The predicted octanol–water partition coefficient (Wildman–Crippen LogP) is 6.44. The van der Waals surface area contributed by atoms with Crippen LogP contribution in [0.2, 0.25) is 0 Å². The molecular formula is C23H19BrN2O3S2. The highest BCUT2D eigenvalue weighted by atomic mass is 79.9. The Balaban J connectivity index is 1.56. The lowest BCUT2D eigenvalue weighted by Gasteiger charge is -2.13. The predicted molar refractivity (Wildman–Crippen MR) is 129 cm³/mol. The normalized spacial score (nSPS) is 11.3. The largest absolute Gasteiger partial charge is 0.492 e. The zero-order chi connectivity index (χ0) is 21.8. The molecule has 31 heavy (non-hydrogen) atoms. The molecule has 0 atom stereocenters. The van der Waals surface area contributed by atoms with E-state index in [1.165, 1.54) is 6.07 Å². The van der Waals surface area contributed by atoms with E-state index >= 15 is 0 Å². The van der Waals surface area contributed by atoms with Crippen molar-refractivity contribution in [1.82, 2.24) is 4.98 Å². The maximum atomic E-state index is 12.9. The highest BCUT2D eigenvalue weighted by Crippen LogP contribution is 2.31. The first-order valence-electron chi connectivity index (χ1n) is 9.53. The monoisotopic (exact) mass is 514 g/mol. The van der Waals surface area contributed by atoms with Crippen LogP contribution in [0.15, 0.2) is 87.5 Å². The molecular weight excluding hydrogens is 496 g/mol. The second-order valence-electron chi connectivity index (χ2n) is 6.61. The van der Waals surface area contributed by atoms with Gasteiger partial charge in [-0.3, -0.25) is 4.72 Å². The molecule has 5 nitrogen and oxygen atoms in total. The van der Waals surface area contributed by atoms with Crippen molar-refractivity contribution in [2.24, 2.45) is 0 Å². The van der Waals surface area contributed by atoms with E-state index in [0.29, 0.717) is 22.5 Å². The number of nitrogens with zero attached hydrogens (tertiary/aromatic N) is 1. The fraction of sp³-hybridized carbons (Fsp3) is 0.0870. The molecule has 0 radical (unpaired) electrons. The fourth-order valence-corrected chi connectivity index (χ4v) is 5.58. The Morgan fingerprint density at radius 3 is 2.45 bits per heavy atom. The first-order valence-corrected chi connectivity index (χ1v) is 12.7. The fourth-order valence-electron chi connectivity index (χ4n) is 3.01. The first-order chi connectivity index (χ1) is 15.0. The van der Waals surface area contributed by atoms with E-state index in [2.05, 4.69) is 20.7 Å². The number of benzene rings is 3. The minimum absolute atomic E-state index is 0.0832. The number of aromatic nitrogens is 1. The van der Waals surface area contributed by atoms with Crippen LogP contribution in [0, 0.1) is 0 Å². The summed E-state index contributed by atoms with van der Waals surface area (Å²) >= 11 is 4.90. The van der Waals surface area contributed by atoms with Crippen molar-refractivity contribution < 1.29 is 13.2 Å². The van der Waals surface area contributed by atoms with Crippen LogP contribution >= 0.6 is 27.3 Å². The summed E-state index contributed by atoms with van der Waals surface area (Å²) in [6.07, 6.45) is 0. The molecule has 1 heterocycles. The van der Waals surface area contributed by atoms with Crippen molar-refractivity contribution in [3.05, 3.63) is 82.6 Å². The Kier molecular flexibility index (Phi) is 6.41. The molecule has 1 N–H and O–H groups in total. The van der Waals surface area contributed by atoms with E-state index in [-0.39, 0.29) is 4.90 Å². The van der Waals surface area contributed by atoms with Gasteiger partial charge in [0.1, 0.15) is 15.7 Å². The van der Waals surface area contributed by atoms with Crippen molar-refractivity contribution in [2.45, 2.75) is 11.8 Å². The highest BCUT2D eigenvalue weighted by Gasteiger charge is 2.20. The van der Waals surface area contributed by atoms with Crippen molar-refractivity contribution in [1.29, 1.82) is 0 Å². The van der Waals surface area contributed by atoms with Gasteiger partial charge < -0.3 is 4.74 Å². The molecule has 0 aliphatic heterocycles. The summed E-state index contributed by atoms with van der Waals surface area (Å²) in [5.74, 6) is 0.311. The van der Waals surface area contributed by atoms with E-state index in [0.717, 1.165) is 21.8 Å². The third kappa shape index (κ3) is 4.98. The van der Waals surface area contributed by atoms with Crippen LogP contribution in [0.25, 0.3) is 21.8 Å². The summed E-state index contributed by atoms with van der Waals surface area (Å²) in [5, 5.41) is 2.94. The van der Waals surface area contributed by atoms with Crippen LogP contribution in [-0.2, 0) is 10.0 Å². The molecule has 0 bridgehead atoms. The van der Waals surface area contributed by atoms with Crippen LogP contribution < -0.4 is 9.46 Å². The van der Waals surface area contributed by atoms with Gasteiger partial charge in [0.15, 0.2) is 0 Å². The highest BCUT2D eigenvalue weighted by molar-refractivity contribution is 9.10. The molecule has 4 rings (SSSR count). The molecule has 0 saturated carbocycles. The standard InChI is InChI=1S/C23H19BrN2O3S2/c1-2-29-21-13-10-18(24)14-22(21)31(27,28)26-19-11-8-16(9-12-19)20-15-30-23(25-20)17-6-4-3-5-7-17/h3-15,26H,2H2,1H3. The van der Waals surface area contributed by atoms with Crippen LogP contribution in [-0.4, -0.2) is 20.0 Å². The number of thiazole rings is 1. The zero-order valence-electron chi connectivity index (χ0n) is 16.6. The summed E-state index contributed by atoms with van der Waals surface area (Å²) in [6.45, 7) is 2.18. The van der Waals surface area contributed by atoms with Gasteiger partial charge in [0.25, 0.3) is 10.0 Å². The zero-order valence-corrected chi connectivity index (χ0v) is 19.8. The van der Waals surface area contributed by atoms with Gasteiger partial charge in [-0.05, 0) is 37.3 Å². The van der Waals surface area contributed by atoms with E-state index in [9.17, 15) is 8.42 Å². The molecule has 0 spiro atoms. The van der Waals surface area contributed by atoms with Crippen LogP contribution in [0.1, 0.15) is 6.92 Å². The Labute approximate surface area is 193 Å². The van der Waals surface area contributed by atoms with Crippen molar-refractivity contribution >= 4 is 43.0 Å². The molecule has 0 unspecified atom stereocenters. The number of rotatable bonds is 7. The Morgan fingerprint density at radius 2 is 1.74 bits per heavy atom. The molecule has 0 fully saturated rings. The first kappa shape index (κ1) is 21.5. The Hall–Kier alpha value is -2.68. The van der Waals surface area contributed by atoms with E-state index < -0.39 is 10.0 Å². The van der Waals surface area contributed by atoms with E-state index in [1.54, 1.807) is 35.6 Å². The Bertz CT molecular complexity index is 1290. The lowest BCUT2D eigenvalue weighted by molar-refractivity contribution is 0.331. The lowest BCUT2D eigenvalue weighted by Crippen LogP contribution is -2.14. The van der Waals surface area contributed by atoms with E-state index in [1.807, 2.05) is 54.8 Å². The second kappa shape index (κ2) is 9.21. The Morgan fingerprint density at radius 1 is 1.00 bits per heavy atom. The van der Waals surface area contributed by atoms with Gasteiger partial charge in [-0.15, -0.1) is 11.3 Å². The number of nitrogens with one attached hydrogen (secondary N) is 1. The third-order valence-electron chi connectivity index (χ3n) is 4.45. The average Bonchev–Trinajstić information content (AvgIpc) is 3.26. The van der Waals surface area contributed by atoms with Gasteiger partial charge in [-0.25, -0.2) is 13.4 Å². The number of sulfonamides is 1. The van der Waals surface area contributed by atoms with Gasteiger partial charge in [-0.2, -0.15) is 0 Å². The maximum Gasteiger partial charge on any atom is 0.265 e. The smallest absolute Gasteiger partial charge is 0.265 e. The molecule has 0 amide bonds. The topological polar surface area (TPSA) is 68.3 Å². The molecule has 1 aromatic heterocycles. The third-order valence-corrected chi connectivity index (χ3v) is 7.24. The SMILES string of the molecule is CCOc1ccc(Br)cc1S(=O)(=O)Nc1ccc(-c2csc(-c3ccccc3)n2)cc1. The lowest BCUT2D eigenvalue weighted by atomic mass is 10.1. The molecule has 0 aliphatic rings. The summed E-state index contributed by atoms with van der Waals surface area (Å²) in [7, 11) is -3.82. The summed E-state index contributed by atoms with van der Waals surface area (Å²) < 4.78 is 34.6. The molecule has 0 saturated heterocycles. The number of anilines is 1. The van der Waals surface area contributed by atoms with Gasteiger partial charge in [0, 0.05) is 26.7 Å². The molecule has 4 aromatic rings. The number of hydrogen-bond donors (Lipinski definition) is 1. The molecule has 0 aliphatic carbocycles. The second-order valence-corrected chi connectivity index (χ2v) is 10.0. The van der Waals surface area contributed by atoms with Crippen LogP contribution in [0.5, 0.6) is 5.75 Å². The molecule has 158 valence electrons. The number of ether oxygens (including phenoxy) is 1. The average molecular weight is 515 g/mol. The van der Waals surface area contributed by atoms with Gasteiger partial charge >= 0.3 is 0 Å². The quantitative estimate of drug-likeness (QED) is 0.308. The molecule has 8 heteroatoms. The van der Waals surface area contributed by atoms with Gasteiger partial charge in [-0.1, -0.05) is 58.4 Å². The summed E-state index contributed by atoms with van der Waals surface area (Å²) in [4.78, 5) is 4.79. The van der Waals surface area contributed by atoms with E-state index in [4.69, 9.17) is 9.72 Å². The van der Waals surface area contributed by atoms with Gasteiger partial charge in [0.2, 0.25) is 0 Å². The molecule has 3 aromatic carbocycles. The van der Waals surface area contributed by atoms with Crippen LogP contribution in [0.3, 0.4) is 0 Å².